The van der Waals surface area contributed by atoms with Crippen LogP contribution in [0.15, 0.2) is 48.6 Å². The van der Waals surface area contributed by atoms with Crippen LogP contribution in [-0.4, -0.2) is 25.2 Å². The third kappa shape index (κ3) is 7.12. The molecule has 0 aromatic heterocycles. The smallest absolute Gasteiger partial charge is 0.244 e. The number of hydrogen-bond donors (Lipinski definition) is 1. The van der Waals surface area contributed by atoms with Gasteiger partial charge >= 0.3 is 0 Å². The molecule has 1 unspecified atom stereocenters. The van der Waals surface area contributed by atoms with Gasteiger partial charge in [0.25, 0.3) is 0 Å². The Kier molecular flexibility index (Phi) is 8.25. The molecule has 1 saturated heterocycles. The summed E-state index contributed by atoms with van der Waals surface area (Å²) >= 11 is 0. The lowest BCUT2D eigenvalue weighted by Gasteiger charge is -2.12. The van der Waals surface area contributed by atoms with Crippen molar-refractivity contribution in [3.63, 3.8) is 0 Å². The first-order valence-corrected chi connectivity index (χ1v) is 10.3. The van der Waals surface area contributed by atoms with Crippen LogP contribution in [-0.2, 0) is 22.4 Å². The van der Waals surface area contributed by atoms with Gasteiger partial charge in [0.1, 0.15) is 0 Å². The van der Waals surface area contributed by atoms with Gasteiger partial charge in [0.05, 0.1) is 6.61 Å². The van der Waals surface area contributed by atoms with Gasteiger partial charge in [-0.05, 0) is 67.7 Å². The molecule has 1 fully saturated rings. The molecule has 3 heteroatoms. The molecule has 1 aliphatic carbocycles. The standard InChI is InChI=1S/C19H23NO.C6H12O/c1-4-6-14(2)15(3)20-19(21)12-10-16-9-11-17-7-5-8-18(17)13-16;1-6(2)3-4-7-5-6/h4,6,9-13,15H,1,5,7-8H2,2-3H3,(H,20,21);3-5H2,1-2H3/b12-10+,14-6+;. The van der Waals surface area contributed by atoms with Crippen LogP contribution in [0.25, 0.3) is 6.08 Å². The van der Waals surface area contributed by atoms with E-state index in [4.69, 9.17) is 4.74 Å². The number of allylic oxidation sites excluding steroid dienone is 2. The number of aryl methyl sites for hydroxylation is 2. The highest BCUT2D eigenvalue weighted by Gasteiger charge is 2.22. The van der Waals surface area contributed by atoms with Gasteiger partial charge in [0.15, 0.2) is 0 Å². The maximum atomic E-state index is 11.9. The predicted molar refractivity (Wildman–Crippen MR) is 118 cm³/mol. The Morgan fingerprint density at radius 1 is 1.29 bits per heavy atom. The van der Waals surface area contributed by atoms with Crippen molar-refractivity contribution in [2.24, 2.45) is 5.41 Å². The van der Waals surface area contributed by atoms with Crippen LogP contribution in [0.5, 0.6) is 0 Å². The number of rotatable bonds is 5. The van der Waals surface area contributed by atoms with Crippen molar-refractivity contribution in [2.75, 3.05) is 13.2 Å². The van der Waals surface area contributed by atoms with E-state index >= 15 is 0 Å². The van der Waals surface area contributed by atoms with Crippen LogP contribution < -0.4 is 5.32 Å². The zero-order valence-electron chi connectivity index (χ0n) is 17.9. The Balaban J connectivity index is 0.000000336. The lowest BCUT2D eigenvalue weighted by Crippen LogP contribution is -2.31. The molecule has 0 radical (unpaired) electrons. The Hall–Kier alpha value is -2.13. The third-order valence-corrected chi connectivity index (χ3v) is 5.39. The molecule has 2 aliphatic rings. The highest BCUT2D eigenvalue weighted by molar-refractivity contribution is 5.92. The molecule has 0 saturated carbocycles. The fourth-order valence-electron chi connectivity index (χ4n) is 3.34. The van der Waals surface area contributed by atoms with E-state index in [-0.39, 0.29) is 11.9 Å². The molecule has 0 bridgehead atoms. The van der Waals surface area contributed by atoms with E-state index in [1.165, 1.54) is 30.4 Å². The quantitative estimate of drug-likeness (QED) is 0.558. The zero-order chi connectivity index (χ0) is 20.6. The monoisotopic (exact) mass is 381 g/mol. The molecule has 3 rings (SSSR count). The van der Waals surface area contributed by atoms with Gasteiger partial charge in [-0.2, -0.15) is 0 Å². The van der Waals surface area contributed by atoms with Crippen molar-refractivity contribution in [1.29, 1.82) is 0 Å². The molecule has 1 aromatic rings. The third-order valence-electron chi connectivity index (χ3n) is 5.39. The number of hydrogen-bond acceptors (Lipinski definition) is 2. The average Bonchev–Trinajstić information content (AvgIpc) is 3.28. The molecule has 1 aliphatic heterocycles. The van der Waals surface area contributed by atoms with Crippen molar-refractivity contribution in [1.82, 2.24) is 5.32 Å². The lowest BCUT2D eigenvalue weighted by atomic mass is 9.94. The number of benzene rings is 1. The average molecular weight is 382 g/mol. The largest absolute Gasteiger partial charge is 0.381 e. The molecule has 0 spiro atoms. The van der Waals surface area contributed by atoms with Crippen LogP contribution in [0, 0.1) is 5.41 Å². The highest BCUT2D eigenvalue weighted by atomic mass is 16.5. The van der Waals surface area contributed by atoms with Gasteiger partial charge in [-0.1, -0.05) is 56.4 Å². The minimum Gasteiger partial charge on any atom is -0.381 e. The van der Waals surface area contributed by atoms with Crippen molar-refractivity contribution in [3.8, 4) is 0 Å². The van der Waals surface area contributed by atoms with E-state index in [2.05, 4.69) is 43.9 Å². The van der Waals surface area contributed by atoms with Crippen LogP contribution in [0.4, 0.5) is 0 Å². The molecule has 1 aromatic carbocycles. The Morgan fingerprint density at radius 3 is 2.64 bits per heavy atom. The maximum absolute atomic E-state index is 11.9. The first-order chi connectivity index (χ1) is 13.3. The van der Waals surface area contributed by atoms with Crippen LogP contribution in [0.3, 0.4) is 0 Å². The maximum Gasteiger partial charge on any atom is 0.244 e. The number of carbonyl (C=O) groups excluding carboxylic acids is 1. The molecule has 1 atom stereocenters. The number of nitrogens with one attached hydrogen (secondary N) is 1. The summed E-state index contributed by atoms with van der Waals surface area (Å²) in [5.74, 6) is -0.0696. The van der Waals surface area contributed by atoms with Gasteiger partial charge in [-0.25, -0.2) is 0 Å². The van der Waals surface area contributed by atoms with E-state index in [1.54, 1.807) is 12.2 Å². The summed E-state index contributed by atoms with van der Waals surface area (Å²) in [6.45, 7) is 14.0. The molecule has 28 heavy (non-hydrogen) atoms. The summed E-state index contributed by atoms with van der Waals surface area (Å²) in [4.78, 5) is 11.9. The van der Waals surface area contributed by atoms with Crippen molar-refractivity contribution >= 4 is 12.0 Å². The second-order valence-corrected chi connectivity index (χ2v) is 8.56. The molecule has 1 heterocycles. The number of carbonyl (C=O) groups is 1. The van der Waals surface area contributed by atoms with E-state index in [0.29, 0.717) is 5.41 Å². The number of ether oxygens (including phenoxy) is 1. The van der Waals surface area contributed by atoms with Gasteiger partial charge in [0.2, 0.25) is 5.91 Å². The fourth-order valence-corrected chi connectivity index (χ4v) is 3.34. The van der Waals surface area contributed by atoms with Crippen LogP contribution >= 0.6 is 0 Å². The minimum atomic E-state index is -0.0696. The first kappa shape index (κ1) is 22.2. The summed E-state index contributed by atoms with van der Waals surface area (Å²) in [6.07, 6.45) is 12.0. The zero-order valence-corrected chi connectivity index (χ0v) is 17.9. The normalized spacial score (nSPS) is 18.9. The number of fused-ring (bicyclic) bond motifs is 1. The summed E-state index contributed by atoms with van der Waals surface area (Å²) < 4.78 is 5.16. The minimum absolute atomic E-state index is 0.0140. The van der Waals surface area contributed by atoms with E-state index in [1.807, 2.05) is 26.0 Å². The molecule has 3 nitrogen and oxygen atoms in total. The first-order valence-electron chi connectivity index (χ1n) is 10.3. The van der Waals surface area contributed by atoms with Gasteiger partial charge in [-0.15, -0.1) is 0 Å². The van der Waals surface area contributed by atoms with E-state index in [9.17, 15) is 4.79 Å². The van der Waals surface area contributed by atoms with Gasteiger partial charge in [-0.3, -0.25) is 4.79 Å². The SMILES string of the molecule is C=C/C=C(\C)C(C)NC(=O)/C=C/c1ccc2c(c1)CCC2.CC1(C)CCOC1. The van der Waals surface area contributed by atoms with E-state index < -0.39 is 0 Å². The molecule has 152 valence electrons. The highest BCUT2D eigenvalue weighted by Crippen LogP contribution is 2.25. The molecule has 1 N–H and O–H groups in total. The van der Waals surface area contributed by atoms with Crippen molar-refractivity contribution in [2.45, 2.75) is 59.4 Å². The van der Waals surface area contributed by atoms with E-state index in [0.717, 1.165) is 30.8 Å². The molecular weight excluding hydrogens is 346 g/mol. The summed E-state index contributed by atoms with van der Waals surface area (Å²) in [6, 6.07) is 6.47. The number of amides is 1. The summed E-state index contributed by atoms with van der Waals surface area (Å²) in [7, 11) is 0. The van der Waals surface area contributed by atoms with Gasteiger partial charge < -0.3 is 10.1 Å². The second-order valence-electron chi connectivity index (χ2n) is 8.56. The summed E-state index contributed by atoms with van der Waals surface area (Å²) in [5.41, 5.74) is 5.53. The topological polar surface area (TPSA) is 38.3 Å². The fraction of sp³-hybridized carbons (Fsp3) is 0.480. The Morgan fingerprint density at radius 2 is 2.04 bits per heavy atom. The predicted octanol–water partition coefficient (Wildman–Crippen LogP) is 5.26. The van der Waals surface area contributed by atoms with Crippen LogP contribution in [0.2, 0.25) is 0 Å². The van der Waals surface area contributed by atoms with Crippen molar-refractivity contribution < 1.29 is 9.53 Å². The Labute approximate surface area is 170 Å². The summed E-state index contributed by atoms with van der Waals surface area (Å²) in [5, 5.41) is 2.95. The Bertz CT molecular complexity index is 735. The molecule has 1 amide bonds. The second kappa shape index (κ2) is 10.4. The van der Waals surface area contributed by atoms with Crippen LogP contribution in [0.1, 0.15) is 57.2 Å². The molecular formula is C25H35NO2. The van der Waals surface area contributed by atoms with Crippen molar-refractivity contribution in [3.05, 3.63) is 65.3 Å². The van der Waals surface area contributed by atoms with Gasteiger partial charge in [0, 0.05) is 18.7 Å². The lowest BCUT2D eigenvalue weighted by molar-refractivity contribution is -0.116.